The monoisotopic (exact) mass is 415 g/mol. The summed E-state index contributed by atoms with van der Waals surface area (Å²) < 4.78 is 5.97. The van der Waals surface area contributed by atoms with Crippen LogP contribution in [0.5, 0.6) is 0 Å². The summed E-state index contributed by atoms with van der Waals surface area (Å²) in [6, 6.07) is 1.91. The maximum atomic E-state index is 12.8. The fraction of sp³-hybridized carbons (Fsp3) is 0.619. The van der Waals surface area contributed by atoms with Crippen molar-refractivity contribution in [1.82, 2.24) is 19.9 Å². The SMILES string of the molecule is Cc1nc(Nc2ncc(C)s2)cc([C@H]2CN(C(=O)CC3CCCCC3)CCO2)n1. The number of thiazole rings is 1. The summed E-state index contributed by atoms with van der Waals surface area (Å²) in [6.07, 6.45) is 8.50. The van der Waals surface area contributed by atoms with Crippen molar-refractivity contribution in [1.29, 1.82) is 0 Å². The fourth-order valence-corrected chi connectivity index (χ4v) is 4.84. The number of nitrogens with zero attached hydrogens (tertiary/aromatic N) is 4. The Balaban J connectivity index is 1.42. The first kappa shape index (κ1) is 20.2. The minimum absolute atomic E-state index is 0.223. The number of rotatable bonds is 5. The lowest BCUT2D eigenvalue weighted by atomic mass is 9.86. The van der Waals surface area contributed by atoms with Gasteiger partial charge in [-0.05, 0) is 32.6 Å². The van der Waals surface area contributed by atoms with Gasteiger partial charge in [0.1, 0.15) is 17.7 Å². The van der Waals surface area contributed by atoms with Crippen molar-refractivity contribution in [3.63, 3.8) is 0 Å². The number of hydrogen-bond acceptors (Lipinski definition) is 7. The fourth-order valence-electron chi connectivity index (χ4n) is 4.16. The lowest BCUT2D eigenvalue weighted by Crippen LogP contribution is -2.43. The van der Waals surface area contributed by atoms with Crippen LogP contribution in [0.1, 0.15) is 61.0 Å². The highest BCUT2D eigenvalue weighted by Crippen LogP contribution is 2.29. The normalized spacial score (nSPS) is 20.6. The summed E-state index contributed by atoms with van der Waals surface area (Å²) in [5.74, 6) is 2.19. The van der Waals surface area contributed by atoms with Gasteiger partial charge in [0.15, 0.2) is 5.13 Å². The Morgan fingerprint density at radius 1 is 1.28 bits per heavy atom. The van der Waals surface area contributed by atoms with Gasteiger partial charge in [0.05, 0.1) is 18.8 Å². The summed E-state index contributed by atoms with van der Waals surface area (Å²) in [7, 11) is 0. The first-order chi connectivity index (χ1) is 14.1. The molecule has 1 aliphatic carbocycles. The highest BCUT2D eigenvalue weighted by atomic mass is 32.1. The molecule has 1 saturated carbocycles. The molecule has 1 atom stereocenters. The molecule has 7 nitrogen and oxygen atoms in total. The lowest BCUT2D eigenvalue weighted by molar-refractivity contribution is -0.140. The summed E-state index contributed by atoms with van der Waals surface area (Å²) >= 11 is 1.58. The number of nitrogens with one attached hydrogen (secondary N) is 1. The lowest BCUT2D eigenvalue weighted by Gasteiger charge is -2.34. The van der Waals surface area contributed by atoms with Gasteiger partial charge in [-0.2, -0.15) is 0 Å². The molecule has 1 aliphatic heterocycles. The van der Waals surface area contributed by atoms with Crippen molar-refractivity contribution in [2.75, 3.05) is 25.0 Å². The van der Waals surface area contributed by atoms with Gasteiger partial charge >= 0.3 is 0 Å². The zero-order chi connectivity index (χ0) is 20.2. The minimum Gasteiger partial charge on any atom is -0.368 e. The maximum absolute atomic E-state index is 12.8. The molecule has 29 heavy (non-hydrogen) atoms. The smallest absolute Gasteiger partial charge is 0.223 e. The van der Waals surface area contributed by atoms with Gasteiger partial charge in [-0.25, -0.2) is 15.0 Å². The standard InChI is InChI=1S/C21H29N5O2S/c1-14-12-22-21(29-14)25-19-11-17(23-15(2)24-19)18-13-26(8-9-28-18)20(27)10-16-6-4-3-5-7-16/h11-12,16,18H,3-10,13H2,1-2H3,(H,22,23,24,25)/t18-/m1/s1. The second-order valence-electron chi connectivity index (χ2n) is 8.03. The third-order valence-electron chi connectivity index (χ3n) is 5.65. The number of amides is 1. The molecule has 2 fully saturated rings. The van der Waals surface area contributed by atoms with Crippen molar-refractivity contribution < 1.29 is 9.53 Å². The van der Waals surface area contributed by atoms with Crippen LogP contribution in [0.15, 0.2) is 12.3 Å². The highest BCUT2D eigenvalue weighted by Gasteiger charge is 2.28. The Morgan fingerprint density at radius 2 is 2.10 bits per heavy atom. The van der Waals surface area contributed by atoms with Crippen LogP contribution in [0.4, 0.5) is 10.9 Å². The van der Waals surface area contributed by atoms with E-state index in [1.54, 1.807) is 11.3 Å². The van der Waals surface area contributed by atoms with Gasteiger partial charge < -0.3 is 15.0 Å². The van der Waals surface area contributed by atoms with Crippen LogP contribution in [0.25, 0.3) is 0 Å². The predicted molar refractivity (Wildman–Crippen MR) is 113 cm³/mol. The minimum atomic E-state index is -0.223. The van der Waals surface area contributed by atoms with Crippen molar-refractivity contribution >= 4 is 28.2 Å². The average Bonchev–Trinajstić information content (AvgIpc) is 3.13. The zero-order valence-electron chi connectivity index (χ0n) is 17.2. The van der Waals surface area contributed by atoms with Crippen molar-refractivity contribution in [3.05, 3.63) is 28.7 Å². The highest BCUT2D eigenvalue weighted by molar-refractivity contribution is 7.15. The average molecular weight is 416 g/mol. The Morgan fingerprint density at radius 3 is 2.86 bits per heavy atom. The van der Waals surface area contributed by atoms with Crippen LogP contribution in [-0.4, -0.2) is 45.5 Å². The zero-order valence-corrected chi connectivity index (χ0v) is 18.0. The number of anilines is 2. The summed E-state index contributed by atoms with van der Waals surface area (Å²) in [4.78, 5) is 29.3. The summed E-state index contributed by atoms with van der Waals surface area (Å²) in [5.41, 5.74) is 0.809. The molecule has 2 aliphatic rings. The van der Waals surface area contributed by atoms with Crippen LogP contribution in [-0.2, 0) is 9.53 Å². The van der Waals surface area contributed by atoms with Crippen molar-refractivity contribution in [2.24, 2.45) is 5.92 Å². The first-order valence-electron chi connectivity index (χ1n) is 10.5. The van der Waals surface area contributed by atoms with Crippen LogP contribution in [0.2, 0.25) is 0 Å². The molecule has 156 valence electrons. The molecule has 0 bridgehead atoms. The number of aryl methyl sites for hydroxylation is 2. The third kappa shape index (κ3) is 5.30. The summed E-state index contributed by atoms with van der Waals surface area (Å²) in [6.45, 7) is 5.65. The van der Waals surface area contributed by atoms with E-state index in [1.807, 2.05) is 31.0 Å². The molecular formula is C21H29N5O2S. The topological polar surface area (TPSA) is 80.2 Å². The van der Waals surface area contributed by atoms with E-state index in [2.05, 4.69) is 20.3 Å². The molecule has 1 N–H and O–H groups in total. The number of ether oxygens (including phenoxy) is 1. The maximum Gasteiger partial charge on any atom is 0.223 e. The Hall–Kier alpha value is -2.06. The molecule has 0 radical (unpaired) electrons. The molecular weight excluding hydrogens is 386 g/mol. The van der Waals surface area contributed by atoms with Crippen molar-refractivity contribution in [3.8, 4) is 0 Å². The molecule has 2 aromatic heterocycles. The number of hydrogen-bond donors (Lipinski definition) is 1. The van der Waals surface area contributed by atoms with Crippen molar-refractivity contribution in [2.45, 2.75) is 58.5 Å². The number of carbonyl (C=O) groups excluding carboxylic acids is 1. The number of aromatic nitrogens is 3. The quantitative estimate of drug-likeness (QED) is 0.790. The number of carbonyl (C=O) groups is 1. The predicted octanol–water partition coefficient (Wildman–Crippen LogP) is 4.16. The van der Waals surface area contributed by atoms with Crippen LogP contribution in [0, 0.1) is 19.8 Å². The van der Waals surface area contributed by atoms with Gasteiger partial charge in [-0.3, -0.25) is 4.79 Å². The Labute approximate surface area is 175 Å². The van der Waals surface area contributed by atoms with Gasteiger partial charge in [-0.1, -0.05) is 19.3 Å². The molecule has 0 spiro atoms. The summed E-state index contributed by atoms with van der Waals surface area (Å²) in [5, 5.41) is 4.06. The van der Waals surface area contributed by atoms with Gasteiger partial charge in [-0.15, -0.1) is 11.3 Å². The molecule has 3 heterocycles. The van der Waals surface area contributed by atoms with Gasteiger partial charge in [0.2, 0.25) is 5.91 Å². The van der Waals surface area contributed by atoms with E-state index in [9.17, 15) is 4.79 Å². The van der Waals surface area contributed by atoms with E-state index >= 15 is 0 Å². The van der Waals surface area contributed by atoms with E-state index in [1.165, 1.54) is 32.1 Å². The van der Waals surface area contributed by atoms with Gasteiger partial charge in [0.25, 0.3) is 0 Å². The molecule has 1 saturated heterocycles. The molecule has 4 rings (SSSR count). The van der Waals surface area contributed by atoms with E-state index in [0.717, 1.165) is 15.7 Å². The molecule has 8 heteroatoms. The van der Waals surface area contributed by atoms with Crippen LogP contribution >= 0.6 is 11.3 Å². The Bertz CT molecular complexity index is 849. The van der Waals surface area contributed by atoms with E-state index in [4.69, 9.17) is 4.74 Å². The molecule has 0 aromatic carbocycles. The number of morpholine rings is 1. The van der Waals surface area contributed by atoms with E-state index in [0.29, 0.717) is 43.7 Å². The van der Waals surface area contributed by atoms with Crippen LogP contribution < -0.4 is 5.32 Å². The second kappa shape index (κ2) is 9.17. The Kier molecular flexibility index (Phi) is 6.40. The molecule has 1 amide bonds. The molecule has 2 aromatic rings. The van der Waals surface area contributed by atoms with E-state index in [-0.39, 0.29) is 12.0 Å². The van der Waals surface area contributed by atoms with E-state index < -0.39 is 0 Å². The first-order valence-corrected chi connectivity index (χ1v) is 11.3. The largest absolute Gasteiger partial charge is 0.368 e. The second-order valence-corrected chi connectivity index (χ2v) is 9.27. The molecule has 0 unspecified atom stereocenters. The van der Waals surface area contributed by atoms with Crippen LogP contribution in [0.3, 0.4) is 0 Å². The van der Waals surface area contributed by atoms with Gasteiger partial charge in [0, 0.05) is 30.1 Å². The third-order valence-corrected chi connectivity index (χ3v) is 6.48.